The highest BCUT2D eigenvalue weighted by atomic mass is 35.5. The third-order valence-electron chi connectivity index (χ3n) is 7.17. The summed E-state index contributed by atoms with van der Waals surface area (Å²) in [6.45, 7) is 2.05. The number of halogens is 1. The molecule has 1 amide bonds. The topological polar surface area (TPSA) is 52.6 Å². The van der Waals surface area contributed by atoms with Gasteiger partial charge in [0.1, 0.15) is 0 Å². The van der Waals surface area contributed by atoms with Gasteiger partial charge in [0, 0.05) is 18.1 Å². The minimum absolute atomic E-state index is 0.0905. The van der Waals surface area contributed by atoms with Crippen molar-refractivity contribution in [2.45, 2.75) is 57.0 Å². The quantitative estimate of drug-likeness (QED) is 0.833. The maximum atomic E-state index is 13.4. The molecule has 1 heterocycles. The monoisotopic (exact) mass is 374 g/mol. The van der Waals surface area contributed by atoms with Crippen molar-refractivity contribution in [2.24, 2.45) is 17.3 Å². The van der Waals surface area contributed by atoms with Crippen molar-refractivity contribution in [1.82, 2.24) is 0 Å². The van der Waals surface area contributed by atoms with Gasteiger partial charge in [-0.05, 0) is 81.4 Å². The zero-order valence-corrected chi connectivity index (χ0v) is 15.9. The van der Waals surface area contributed by atoms with Crippen LogP contribution in [-0.2, 0) is 4.79 Å². The smallest absolute Gasteiger partial charge is 0.230 e. The van der Waals surface area contributed by atoms with Crippen LogP contribution in [0.5, 0.6) is 0 Å². The molecule has 4 bridgehead atoms. The minimum atomic E-state index is -0.618. The summed E-state index contributed by atoms with van der Waals surface area (Å²) in [6, 6.07) is 5.80. The third kappa shape index (κ3) is 2.73. The molecule has 4 saturated carbocycles. The van der Waals surface area contributed by atoms with E-state index < -0.39 is 11.0 Å². The molecule has 1 aromatic carbocycles. The Morgan fingerprint density at radius 1 is 1.15 bits per heavy atom. The molecular weight excluding hydrogens is 348 g/mol. The highest BCUT2D eigenvalue weighted by Gasteiger charge is 2.60. The van der Waals surface area contributed by atoms with Crippen molar-refractivity contribution in [3.8, 4) is 0 Å². The number of rotatable bonds is 3. The van der Waals surface area contributed by atoms with Gasteiger partial charge in [-0.2, -0.15) is 0 Å². The van der Waals surface area contributed by atoms with Gasteiger partial charge >= 0.3 is 0 Å². The minimum Gasteiger partial charge on any atom is -0.390 e. The third-order valence-corrected chi connectivity index (χ3v) is 7.40. The number of carbonyl (C=O) groups excluding carboxylic acids is 1. The lowest BCUT2D eigenvalue weighted by Crippen LogP contribution is -2.59. The van der Waals surface area contributed by atoms with Crippen LogP contribution < -0.4 is 10.2 Å². The fraction of sp³-hybridized carbons (Fsp3) is 0.667. The first-order valence-electron chi connectivity index (χ1n) is 10.0. The molecule has 5 fully saturated rings. The second-order valence-corrected chi connectivity index (χ2v) is 9.71. The average molecular weight is 375 g/mol. The van der Waals surface area contributed by atoms with E-state index in [1.807, 2.05) is 18.2 Å². The molecule has 2 atom stereocenters. The van der Waals surface area contributed by atoms with Crippen molar-refractivity contribution in [1.29, 1.82) is 0 Å². The standard InChI is InChI=1S/C21H27ClN2O2/c22-16-3-4-18(24-5-1-2-6-24)17(8-16)23-19(25)20-9-14-7-15(10-20)12-21(26,11-14)13-20/h3-4,8,14-15,26H,1-2,5-7,9-13H2,(H,23,25). The predicted octanol–water partition coefficient (Wildman–Crippen LogP) is 4.21. The fourth-order valence-electron chi connectivity index (χ4n) is 6.58. The number of benzene rings is 1. The van der Waals surface area contributed by atoms with E-state index in [-0.39, 0.29) is 5.91 Å². The van der Waals surface area contributed by atoms with Gasteiger partial charge in [-0.1, -0.05) is 11.6 Å². The Labute approximate surface area is 159 Å². The lowest BCUT2D eigenvalue weighted by atomic mass is 9.47. The first kappa shape index (κ1) is 16.9. The molecule has 1 aliphatic heterocycles. The fourth-order valence-corrected chi connectivity index (χ4v) is 6.75. The van der Waals surface area contributed by atoms with Crippen LogP contribution in [0.1, 0.15) is 51.4 Å². The number of nitrogens with one attached hydrogen (secondary N) is 1. The maximum absolute atomic E-state index is 13.4. The Kier molecular flexibility index (Phi) is 3.81. The van der Waals surface area contributed by atoms with E-state index in [1.165, 1.54) is 19.3 Å². The van der Waals surface area contributed by atoms with Crippen LogP contribution in [0.2, 0.25) is 5.02 Å². The van der Waals surface area contributed by atoms with Crippen LogP contribution in [0.3, 0.4) is 0 Å². The van der Waals surface area contributed by atoms with Gasteiger partial charge in [0.15, 0.2) is 0 Å². The summed E-state index contributed by atoms with van der Waals surface area (Å²) in [5.41, 5.74) is 0.882. The van der Waals surface area contributed by atoms with Crippen molar-refractivity contribution < 1.29 is 9.90 Å². The zero-order chi connectivity index (χ0) is 17.9. The Hall–Kier alpha value is -1.26. The molecule has 0 spiro atoms. The Balaban J connectivity index is 1.43. The first-order valence-corrected chi connectivity index (χ1v) is 10.4. The lowest BCUT2D eigenvalue weighted by Gasteiger charge is -2.59. The van der Waals surface area contributed by atoms with Crippen molar-refractivity contribution in [2.75, 3.05) is 23.3 Å². The number of nitrogens with zero attached hydrogens (tertiary/aromatic N) is 1. The van der Waals surface area contributed by atoms with Crippen LogP contribution in [0.15, 0.2) is 18.2 Å². The van der Waals surface area contributed by atoms with Gasteiger partial charge in [0.25, 0.3) is 0 Å². The second kappa shape index (κ2) is 5.87. The molecule has 4 aliphatic carbocycles. The van der Waals surface area contributed by atoms with Gasteiger partial charge in [-0.15, -0.1) is 0 Å². The van der Waals surface area contributed by atoms with Crippen LogP contribution >= 0.6 is 11.6 Å². The number of hydrogen-bond donors (Lipinski definition) is 2. The molecule has 0 aromatic heterocycles. The van der Waals surface area contributed by atoms with Gasteiger partial charge in [0.05, 0.1) is 22.4 Å². The number of hydrogen-bond acceptors (Lipinski definition) is 3. The summed E-state index contributed by atoms with van der Waals surface area (Å²) in [4.78, 5) is 15.7. The second-order valence-electron chi connectivity index (χ2n) is 9.28. The maximum Gasteiger partial charge on any atom is 0.230 e. The summed E-state index contributed by atoms with van der Waals surface area (Å²) in [6.07, 6.45) is 7.82. The van der Waals surface area contributed by atoms with Crippen molar-refractivity contribution in [3.63, 3.8) is 0 Å². The molecule has 0 radical (unpaired) electrons. The van der Waals surface area contributed by atoms with Crippen LogP contribution in [0.25, 0.3) is 0 Å². The summed E-state index contributed by atoms with van der Waals surface area (Å²) < 4.78 is 0. The van der Waals surface area contributed by atoms with Gasteiger partial charge in [-0.3, -0.25) is 4.79 Å². The average Bonchev–Trinajstić information content (AvgIpc) is 3.07. The van der Waals surface area contributed by atoms with Gasteiger partial charge in [0.2, 0.25) is 5.91 Å². The number of anilines is 2. The van der Waals surface area contributed by atoms with Gasteiger partial charge in [-0.25, -0.2) is 0 Å². The van der Waals surface area contributed by atoms with E-state index in [9.17, 15) is 9.90 Å². The van der Waals surface area contributed by atoms with Crippen LogP contribution in [0, 0.1) is 17.3 Å². The Bertz CT molecular complexity index is 730. The normalized spacial score (nSPS) is 38.0. The highest BCUT2D eigenvalue weighted by Crippen LogP contribution is 2.62. The summed E-state index contributed by atoms with van der Waals surface area (Å²) in [5, 5.41) is 14.8. The van der Waals surface area contributed by atoms with E-state index in [0.29, 0.717) is 23.3 Å². The Morgan fingerprint density at radius 2 is 1.85 bits per heavy atom. The molecule has 26 heavy (non-hydrogen) atoms. The summed E-state index contributed by atoms with van der Waals surface area (Å²) >= 11 is 6.24. The zero-order valence-electron chi connectivity index (χ0n) is 15.1. The van der Waals surface area contributed by atoms with E-state index in [0.717, 1.165) is 50.1 Å². The van der Waals surface area contributed by atoms with E-state index in [1.54, 1.807) is 0 Å². The van der Waals surface area contributed by atoms with Crippen molar-refractivity contribution in [3.05, 3.63) is 23.2 Å². The molecule has 140 valence electrons. The first-order chi connectivity index (χ1) is 12.4. The lowest BCUT2D eigenvalue weighted by molar-refractivity contribution is -0.174. The van der Waals surface area contributed by atoms with E-state index >= 15 is 0 Å². The predicted molar refractivity (Wildman–Crippen MR) is 104 cm³/mol. The molecule has 5 heteroatoms. The molecule has 1 aromatic rings. The molecule has 4 nitrogen and oxygen atoms in total. The number of carbonyl (C=O) groups is 1. The van der Waals surface area contributed by atoms with Crippen molar-refractivity contribution >= 4 is 28.9 Å². The molecule has 2 N–H and O–H groups in total. The van der Waals surface area contributed by atoms with Crippen LogP contribution in [0.4, 0.5) is 11.4 Å². The summed E-state index contributed by atoms with van der Waals surface area (Å²) in [7, 11) is 0. The SMILES string of the molecule is O=C(Nc1cc(Cl)ccc1N1CCCC1)C12CC3CC(CC(O)(C3)C1)C2. The number of aliphatic hydroxyl groups is 1. The van der Waals surface area contributed by atoms with E-state index in [4.69, 9.17) is 11.6 Å². The van der Waals surface area contributed by atoms with Gasteiger partial charge < -0.3 is 15.3 Å². The molecule has 6 rings (SSSR count). The van der Waals surface area contributed by atoms with E-state index in [2.05, 4.69) is 10.2 Å². The summed E-state index contributed by atoms with van der Waals surface area (Å²) in [5.74, 6) is 1.10. The van der Waals surface area contributed by atoms with Crippen LogP contribution in [-0.4, -0.2) is 29.7 Å². The molecule has 2 unspecified atom stereocenters. The largest absolute Gasteiger partial charge is 0.390 e. The highest BCUT2D eigenvalue weighted by molar-refractivity contribution is 6.31. The molecule has 5 aliphatic rings. The number of amides is 1. The molecular formula is C21H27ClN2O2. The molecule has 1 saturated heterocycles. The Morgan fingerprint density at radius 3 is 2.50 bits per heavy atom.